The third kappa shape index (κ3) is 5.23. The summed E-state index contributed by atoms with van der Waals surface area (Å²) in [4.78, 5) is 6.44. The van der Waals surface area contributed by atoms with Gasteiger partial charge >= 0.3 is 0 Å². The third-order valence-electron chi connectivity index (χ3n) is 3.64. The smallest absolute Gasteiger partial charge is 0.193 e. The molecule has 0 aliphatic heterocycles. The molecule has 1 aromatic carbocycles. The second-order valence-electron chi connectivity index (χ2n) is 5.19. The highest BCUT2D eigenvalue weighted by Gasteiger charge is 2.13. The minimum atomic E-state index is 0.590. The summed E-state index contributed by atoms with van der Waals surface area (Å²) in [5.41, 5.74) is 0.982. The molecule has 0 fully saturated rings. The van der Waals surface area contributed by atoms with E-state index in [4.69, 9.17) is 14.2 Å². The molecule has 23 heavy (non-hydrogen) atoms. The first-order chi connectivity index (χ1) is 11.1. The Bertz CT molecular complexity index is 518. The topological polar surface area (TPSA) is 55.3 Å². The van der Waals surface area contributed by atoms with Gasteiger partial charge in [0.1, 0.15) is 5.75 Å². The fourth-order valence-electron chi connectivity index (χ4n) is 2.29. The highest BCUT2D eigenvalue weighted by atomic mass is 16.5. The van der Waals surface area contributed by atoms with E-state index in [9.17, 15) is 0 Å². The second-order valence-corrected chi connectivity index (χ2v) is 5.19. The number of nitrogens with zero attached hydrogens (tertiary/aromatic N) is 2. The molecule has 0 atom stereocenters. The van der Waals surface area contributed by atoms with E-state index >= 15 is 0 Å². The highest BCUT2D eigenvalue weighted by molar-refractivity contribution is 5.79. The van der Waals surface area contributed by atoms with Crippen LogP contribution in [0.3, 0.4) is 0 Å². The Balaban J connectivity index is 2.86. The maximum atomic E-state index is 5.45. The quantitative estimate of drug-likeness (QED) is 0.588. The van der Waals surface area contributed by atoms with E-state index in [0.717, 1.165) is 36.7 Å². The van der Waals surface area contributed by atoms with Crippen LogP contribution in [0.2, 0.25) is 0 Å². The summed E-state index contributed by atoms with van der Waals surface area (Å²) < 4.78 is 16.1. The minimum Gasteiger partial charge on any atom is -0.496 e. The van der Waals surface area contributed by atoms with E-state index in [1.54, 1.807) is 28.4 Å². The van der Waals surface area contributed by atoms with Crippen molar-refractivity contribution in [1.82, 2.24) is 10.2 Å². The Morgan fingerprint density at radius 2 is 1.70 bits per heavy atom. The van der Waals surface area contributed by atoms with Gasteiger partial charge in [-0.2, -0.15) is 0 Å². The van der Waals surface area contributed by atoms with Gasteiger partial charge in [0.15, 0.2) is 17.5 Å². The lowest BCUT2D eigenvalue weighted by atomic mass is 10.1. The lowest BCUT2D eigenvalue weighted by Gasteiger charge is -2.22. The molecule has 0 unspecified atom stereocenters. The van der Waals surface area contributed by atoms with Crippen LogP contribution in [0.15, 0.2) is 17.1 Å². The molecule has 0 spiro atoms. The number of rotatable bonds is 8. The van der Waals surface area contributed by atoms with Crippen LogP contribution in [0.25, 0.3) is 0 Å². The van der Waals surface area contributed by atoms with Gasteiger partial charge in [0.05, 0.1) is 21.3 Å². The predicted molar refractivity (Wildman–Crippen MR) is 93.8 cm³/mol. The summed E-state index contributed by atoms with van der Waals surface area (Å²) in [7, 11) is 8.71. The Hall–Kier alpha value is -2.11. The van der Waals surface area contributed by atoms with Crippen molar-refractivity contribution in [3.8, 4) is 17.2 Å². The van der Waals surface area contributed by atoms with Crippen LogP contribution in [-0.2, 0) is 6.54 Å². The summed E-state index contributed by atoms with van der Waals surface area (Å²) >= 11 is 0. The molecule has 0 saturated carbocycles. The summed E-state index contributed by atoms with van der Waals surface area (Å²) in [5, 5.41) is 3.36. The number of ether oxygens (including phenoxy) is 3. The molecule has 0 aromatic heterocycles. The standard InChI is InChI=1S/C17H29N3O3/c1-7-8-9-20(3)17(18-2)19-12-13-10-15(22-5)16(23-6)11-14(13)21-4/h10-11H,7-9,12H2,1-6H3,(H,18,19). The zero-order valence-corrected chi connectivity index (χ0v) is 15.1. The predicted octanol–water partition coefficient (Wildman–Crippen LogP) is 2.52. The van der Waals surface area contributed by atoms with Crippen molar-refractivity contribution >= 4 is 5.96 Å². The number of hydrogen-bond acceptors (Lipinski definition) is 4. The van der Waals surface area contributed by atoms with Crippen molar-refractivity contribution in [1.29, 1.82) is 0 Å². The van der Waals surface area contributed by atoms with Crippen LogP contribution in [0.5, 0.6) is 17.2 Å². The van der Waals surface area contributed by atoms with E-state index in [1.165, 1.54) is 0 Å². The summed E-state index contributed by atoms with van der Waals surface area (Å²) in [6.07, 6.45) is 2.29. The lowest BCUT2D eigenvalue weighted by molar-refractivity contribution is 0.347. The second kappa shape index (κ2) is 9.82. The van der Waals surface area contributed by atoms with Gasteiger partial charge < -0.3 is 24.4 Å². The zero-order chi connectivity index (χ0) is 17.2. The van der Waals surface area contributed by atoms with Crippen LogP contribution >= 0.6 is 0 Å². The molecule has 1 rings (SSSR count). The van der Waals surface area contributed by atoms with Crippen molar-refractivity contribution in [2.24, 2.45) is 4.99 Å². The molecule has 0 aliphatic rings. The number of unbranched alkanes of at least 4 members (excludes halogenated alkanes) is 1. The number of nitrogens with one attached hydrogen (secondary N) is 1. The van der Waals surface area contributed by atoms with Crippen LogP contribution in [0.4, 0.5) is 0 Å². The van der Waals surface area contributed by atoms with Crippen molar-refractivity contribution in [3.63, 3.8) is 0 Å². The first-order valence-electron chi connectivity index (χ1n) is 7.81. The average Bonchev–Trinajstić information content (AvgIpc) is 2.59. The molecule has 0 amide bonds. The summed E-state index contributed by atoms with van der Waals surface area (Å²) in [6.45, 7) is 3.74. The van der Waals surface area contributed by atoms with Crippen LogP contribution < -0.4 is 19.5 Å². The normalized spacial score (nSPS) is 11.1. The maximum Gasteiger partial charge on any atom is 0.193 e. The maximum absolute atomic E-state index is 5.45. The first kappa shape index (κ1) is 18.9. The van der Waals surface area contributed by atoms with E-state index in [1.807, 2.05) is 19.2 Å². The molecule has 130 valence electrons. The summed E-state index contributed by atoms with van der Waals surface area (Å²) in [6, 6.07) is 3.75. The fraction of sp³-hybridized carbons (Fsp3) is 0.588. The van der Waals surface area contributed by atoms with Gasteiger partial charge in [-0.3, -0.25) is 4.99 Å². The molecular formula is C17H29N3O3. The van der Waals surface area contributed by atoms with Gasteiger partial charge in [-0.25, -0.2) is 0 Å². The van der Waals surface area contributed by atoms with Crippen molar-refractivity contribution in [3.05, 3.63) is 17.7 Å². The van der Waals surface area contributed by atoms with E-state index in [-0.39, 0.29) is 0 Å². The SMILES string of the molecule is CCCCN(C)C(=NC)NCc1cc(OC)c(OC)cc1OC. The van der Waals surface area contributed by atoms with Gasteiger partial charge in [0.2, 0.25) is 0 Å². The number of guanidine groups is 1. The van der Waals surface area contributed by atoms with Gasteiger partial charge in [0, 0.05) is 38.8 Å². The molecular weight excluding hydrogens is 294 g/mol. The molecule has 0 bridgehead atoms. The average molecular weight is 323 g/mol. The molecule has 1 aromatic rings. The van der Waals surface area contributed by atoms with E-state index in [0.29, 0.717) is 18.0 Å². The zero-order valence-electron chi connectivity index (χ0n) is 15.1. The van der Waals surface area contributed by atoms with E-state index in [2.05, 4.69) is 22.1 Å². The third-order valence-corrected chi connectivity index (χ3v) is 3.64. The largest absolute Gasteiger partial charge is 0.496 e. The Labute approximate surface area is 139 Å². The van der Waals surface area contributed by atoms with Crippen molar-refractivity contribution in [2.75, 3.05) is 42.0 Å². The number of methoxy groups -OCH3 is 3. The Kier molecular flexibility index (Phi) is 8.08. The number of benzene rings is 1. The molecule has 6 heteroatoms. The molecule has 0 saturated heterocycles. The lowest BCUT2D eigenvalue weighted by Crippen LogP contribution is -2.39. The van der Waals surface area contributed by atoms with E-state index < -0.39 is 0 Å². The fourth-order valence-corrected chi connectivity index (χ4v) is 2.29. The van der Waals surface area contributed by atoms with Crippen molar-refractivity contribution < 1.29 is 14.2 Å². The number of hydrogen-bond donors (Lipinski definition) is 1. The van der Waals surface area contributed by atoms with Crippen LogP contribution in [0.1, 0.15) is 25.3 Å². The Morgan fingerprint density at radius 1 is 1.09 bits per heavy atom. The molecule has 0 aliphatic carbocycles. The molecule has 6 nitrogen and oxygen atoms in total. The number of aliphatic imine (C=N–C) groups is 1. The minimum absolute atomic E-state index is 0.590. The molecule has 1 N–H and O–H groups in total. The monoisotopic (exact) mass is 323 g/mol. The van der Waals surface area contributed by atoms with Gasteiger partial charge in [0.25, 0.3) is 0 Å². The van der Waals surface area contributed by atoms with Crippen LogP contribution in [0, 0.1) is 0 Å². The van der Waals surface area contributed by atoms with Gasteiger partial charge in [-0.1, -0.05) is 13.3 Å². The Morgan fingerprint density at radius 3 is 2.22 bits per heavy atom. The van der Waals surface area contributed by atoms with Gasteiger partial charge in [-0.15, -0.1) is 0 Å². The highest BCUT2D eigenvalue weighted by Crippen LogP contribution is 2.34. The summed E-state index contributed by atoms with van der Waals surface area (Å²) in [5.74, 6) is 2.94. The van der Waals surface area contributed by atoms with Crippen molar-refractivity contribution in [2.45, 2.75) is 26.3 Å². The van der Waals surface area contributed by atoms with Gasteiger partial charge in [-0.05, 0) is 12.5 Å². The first-order valence-corrected chi connectivity index (χ1v) is 7.81. The molecule has 0 radical (unpaired) electrons. The van der Waals surface area contributed by atoms with Crippen LogP contribution in [-0.4, -0.2) is 52.8 Å². The molecule has 0 heterocycles.